The van der Waals surface area contributed by atoms with E-state index in [9.17, 15) is 5.11 Å². The number of nitrogens with one attached hydrogen (secondary N) is 3. The van der Waals surface area contributed by atoms with E-state index in [4.69, 9.17) is 10.1 Å². The standard InChI is InChI=1S/C23H32N6O2/c1-15-9-18(12-24)21(10-20(15)17-3-5-25-6-4-17)28-22-11-23(27-16(2)26-22)29-7-8-31-19(13-29)14-30/h9-12,17,19,24-25,30H,3-8,13-14H2,1-2H3,(H,26,27,28). The molecule has 31 heavy (non-hydrogen) atoms. The minimum Gasteiger partial charge on any atom is -0.394 e. The van der Waals surface area contributed by atoms with Crippen LogP contribution in [-0.2, 0) is 4.74 Å². The summed E-state index contributed by atoms with van der Waals surface area (Å²) in [5.41, 5.74) is 4.33. The summed E-state index contributed by atoms with van der Waals surface area (Å²) in [4.78, 5) is 11.3. The molecule has 0 amide bonds. The Balaban J connectivity index is 1.62. The first-order valence-corrected chi connectivity index (χ1v) is 11.0. The maximum absolute atomic E-state index is 9.45. The number of morpholine rings is 1. The second kappa shape index (κ2) is 9.72. The summed E-state index contributed by atoms with van der Waals surface area (Å²) in [6.07, 6.45) is 3.45. The molecule has 0 bridgehead atoms. The van der Waals surface area contributed by atoms with Gasteiger partial charge in [0.15, 0.2) is 0 Å². The van der Waals surface area contributed by atoms with E-state index in [1.54, 1.807) is 0 Å². The van der Waals surface area contributed by atoms with Crippen molar-refractivity contribution in [2.24, 2.45) is 0 Å². The van der Waals surface area contributed by atoms with Gasteiger partial charge in [0, 0.05) is 36.6 Å². The highest BCUT2D eigenvalue weighted by atomic mass is 16.5. The normalized spacial score (nSPS) is 20.0. The van der Waals surface area contributed by atoms with Crippen molar-refractivity contribution in [3.63, 3.8) is 0 Å². The zero-order valence-corrected chi connectivity index (χ0v) is 18.3. The molecule has 1 atom stereocenters. The van der Waals surface area contributed by atoms with Gasteiger partial charge >= 0.3 is 0 Å². The Morgan fingerprint density at radius 2 is 2.06 bits per heavy atom. The average molecular weight is 425 g/mol. The van der Waals surface area contributed by atoms with Crippen LogP contribution >= 0.6 is 0 Å². The van der Waals surface area contributed by atoms with E-state index >= 15 is 0 Å². The second-order valence-electron chi connectivity index (χ2n) is 8.37. The highest BCUT2D eigenvalue weighted by Crippen LogP contribution is 2.33. The summed E-state index contributed by atoms with van der Waals surface area (Å²) in [6.45, 7) is 7.99. The van der Waals surface area contributed by atoms with Crippen molar-refractivity contribution in [2.75, 3.05) is 49.6 Å². The third-order valence-corrected chi connectivity index (χ3v) is 6.13. The molecule has 4 rings (SSSR count). The number of anilines is 3. The summed E-state index contributed by atoms with van der Waals surface area (Å²) < 4.78 is 5.57. The van der Waals surface area contributed by atoms with E-state index in [-0.39, 0.29) is 12.7 Å². The molecule has 0 saturated carbocycles. The van der Waals surface area contributed by atoms with Gasteiger partial charge in [-0.3, -0.25) is 0 Å². The number of rotatable bonds is 6. The molecule has 8 heteroatoms. The third kappa shape index (κ3) is 5.03. The average Bonchev–Trinajstić information content (AvgIpc) is 2.80. The zero-order chi connectivity index (χ0) is 21.8. The molecule has 1 aromatic carbocycles. The fraction of sp³-hybridized carbons (Fsp3) is 0.522. The maximum Gasteiger partial charge on any atom is 0.136 e. The molecule has 4 N–H and O–H groups in total. The Kier molecular flexibility index (Phi) is 6.80. The van der Waals surface area contributed by atoms with Crippen LogP contribution in [0.15, 0.2) is 18.2 Å². The quantitative estimate of drug-likeness (QED) is 0.528. The SMILES string of the molecule is Cc1nc(Nc2cc(C3CCNCC3)c(C)cc2C=N)cc(N2CCOC(CO)C2)n1. The van der Waals surface area contributed by atoms with Crippen molar-refractivity contribution < 1.29 is 9.84 Å². The number of ether oxygens (including phenoxy) is 1. The lowest BCUT2D eigenvalue weighted by Gasteiger charge is -2.33. The number of aryl methyl sites for hydroxylation is 2. The molecular weight excluding hydrogens is 392 g/mol. The van der Waals surface area contributed by atoms with Gasteiger partial charge in [-0.05, 0) is 69.0 Å². The molecule has 2 aromatic rings. The Labute approximate surface area is 183 Å². The number of nitrogens with zero attached hydrogens (tertiary/aromatic N) is 3. The lowest BCUT2D eigenvalue weighted by Crippen LogP contribution is -2.44. The summed E-state index contributed by atoms with van der Waals surface area (Å²) in [5, 5.41) is 24.2. The number of aromatic nitrogens is 2. The number of hydrogen-bond donors (Lipinski definition) is 4. The van der Waals surface area contributed by atoms with Crippen molar-refractivity contribution in [1.82, 2.24) is 15.3 Å². The molecule has 2 fully saturated rings. The number of piperidine rings is 1. The van der Waals surface area contributed by atoms with Crippen LogP contribution in [0.4, 0.5) is 17.3 Å². The molecule has 1 unspecified atom stereocenters. The number of aliphatic hydroxyl groups excluding tert-OH is 1. The topological polar surface area (TPSA) is 106 Å². The van der Waals surface area contributed by atoms with E-state index in [1.165, 1.54) is 17.3 Å². The van der Waals surface area contributed by atoms with Gasteiger partial charge in [0.2, 0.25) is 0 Å². The van der Waals surface area contributed by atoms with Crippen molar-refractivity contribution in [1.29, 1.82) is 5.41 Å². The van der Waals surface area contributed by atoms with Gasteiger partial charge in [-0.2, -0.15) is 0 Å². The van der Waals surface area contributed by atoms with Crippen LogP contribution in [0, 0.1) is 19.3 Å². The van der Waals surface area contributed by atoms with Crippen LogP contribution in [0.1, 0.15) is 41.3 Å². The second-order valence-corrected chi connectivity index (χ2v) is 8.37. The Bertz CT molecular complexity index is 929. The summed E-state index contributed by atoms with van der Waals surface area (Å²) in [6, 6.07) is 6.22. The zero-order valence-electron chi connectivity index (χ0n) is 18.3. The van der Waals surface area contributed by atoms with Gasteiger partial charge < -0.3 is 30.8 Å². The Morgan fingerprint density at radius 3 is 2.81 bits per heavy atom. The minimum atomic E-state index is -0.199. The lowest BCUT2D eigenvalue weighted by molar-refractivity contribution is 0.00335. The van der Waals surface area contributed by atoms with Crippen molar-refractivity contribution >= 4 is 23.5 Å². The Hall–Kier alpha value is -2.55. The highest BCUT2D eigenvalue weighted by molar-refractivity contribution is 5.88. The van der Waals surface area contributed by atoms with Gasteiger partial charge in [0.25, 0.3) is 0 Å². The molecule has 8 nitrogen and oxygen atoms in total. The first-order valence-electron chi connectivity index (χ1n) is 11.0. The van der Waals surface area contributed by atoms with Crippen molar-refractivity contribution in [3.05, 3.63) is 40.7 Å². The first kappa shape index (κ1) is 21.7. The van der Waals surface area contributed by atoms with E-state index in [0.29, 0.717) is 30.7 Å². The van der Waals surface area contributed by atoms with Crippen LogP contribution in [0.5, 0.6) is 0 Å². The van der Waals surface area contributed by atoms with Crippen LogP contribution in [0.25, 0.3) is 0 Å². The van der Waals surface area contributed by atoms with Crippen molar-refractivity contribution in [2.45, 2.75) is 38.7 Å². The van der Waals surface area contributed by atoms with Gasteiger partial charge in [-0.25, -0.2) is 9.97 Å². The third-order valence-electron chi connectivity index (χ3n) is 6.13. The summed E-state index contributed by atoms with van der Waals surface area (Å²) in [5.74, 6) is 2.73. The molecule has 0 aliphatic carbocycles. The maximum atomic E-state index is 9.45. The van der Waals surface area contributed by atoms with Crippen LogP contribution in [-0.4, -0.2) is 66.8 Å². The molecule has 2 saturated heterocycles. The predicted molar refractivity (Wildman–Crippen MR) is 123 cm³/mol. The lowest BCUT2D eigenvalue weighted by atomic mass is 9.86. The number of benzene rings is 1. The Morgan fingerprint density at radius 1 is 1.26 bits per heavy atom. The fourth-order valence-corrected chi connectivity index (χ4v) is 4.50. The molecule has 1 aromatic heterocycles. The predicted octanol–water partition coefficient (Wildman–Crippen LogP) is 2.50. The van der Waals surface area contributed by atoms with Gasteiger partial charge in [0.1, 0.15) is 17.5 Å². The first-order chi connectivity index (χ1) is 15.1. The van der Waals surface area contributed by atoms with E-state index in [1.807, 2.05) is 13.0 Å². The minimum absolute atomic E-state index is 0.00278. The largest absolute Gasteiger partial charge is 0.394 e. The summed E-state index contributed by atoms with van der Waals surface area (Å²) in [7, 11) is 0. The molecule has 0 radical (unpaired) electrons. The molecule has 166 valence electrons. The monoisotopic (exact) mass is 424 g/mol. The molecular formula is C23H32N6O2. The van der Waals surface area contributed by atoms with E-state index < -0.39 is 0 Å². The van der Waals surface area contributed by atoms with Crippen LogP contribution < -0.4 is 15.5 Å². The molecule has 2 aliphatic heterocycles. The smallest absolute Gasteiger partial charge is 0.136 e. The molecule has 0 spiro atoms. The van der Waals surface area contributed by atoms with Crippen LogP contribution in [0.3, 0.4) is 0 Å². The molecule has 3 heterocycles. The highest BCUT2D eigenvalue weighted by Gasteiger charge is 2.22. The number of aliphatic hydroxyl groups is 1. The summed E-state index contributed by atoms with van der Waals surface area (Å²) >= 11 is 0. The molecule has 2 aliphatic rings. The van der Waals surface area contributed by atoms with Gasteiger partial charge in [0.05, 0.1) is 19.3 Å². The number of hydrogen-bond acceptors (Lipinski definition) is 8. The van der Waals surface area contributed by atoms with Gasteiger partial charge in [-0.1, -0.05) is 0 Å². The van der Waals surface area contributed by atoms with E-state index in [2.05, 4.69) is 44.6 Å². The fourth-order valence-electron chi connectivity index (χ4n) is 4.50. The van der Waals surface area contributed by atoms with Crippen LogP contribution in [0.2, 0.25) is 0 Å². The van der Waals surface area contributed by atoms with Gasteiger partial charge in [-0.15, -0.1) is 0 Å². The van der Waals surface area contributed by atoms with E-state index in [0.717, 1.165) is 49.5 Å². The van der Waals surface area contributed by atoms with Crippen molar-refractivity contribution in [3.8, 4) is 0 Å².